The molecule has 2 amide bonds. The number of fused-ring (bicyclic) bond motifs is 2. The van der Waals surface area contributed by atoms with Crippen LogP contribution in [0.5, 0.6) is 0 Å². The SMILES string of the molecule is CC(C)(C)OC(=O)N1[C@@H]2CCC(C2)[C@H]1C(=O)N[C@H](C#N)Cc1ccc(-c2ccc(S(C)(=O)=O)cc2)c(F)c1F. The van der Waals surface area contributed by atoms with Crippen LogP contribution in [-0.4, -0.2) is 55.3 Å². The maximum absolute atomic E-state index is 15.0. The minimum Gasteiger partial charge on any atom is -0.444 e. The molecule has 8 nitrogen and oxygen atoms in total. The standard InChI is InChI=1S/C28H31F2N3O5S/c1-28(2,3)38-27(35)33-20-9-5-18(14-20)25(33)26(34)32-19(15-31)13-17-8-12-22(24(30)23(17)29)16-6-10-21(11-7-16)39(4,36)37/h6-8,10-12,18-20,25H,5,9,13-14H2,1-4H3,(H,32,34)/t18?,19-,20+,25-/m0/s1. The number of likely N-dealkylation sites (tertiary alicyclic amines) is 1. The number of nitrogens with zero attached hydrogens (tertiary/aromatic N) is 2. The Kier molecular flexibility index (Phi) is 7.72. The zero-order valence-corrected chi connectivity index (χ0v) is 23.0. The van der Waals surface area contributed by atoms with Crippen molar-refractivity contribution in [2.45, 2.75) is 75.1 Å². The van der Waals surface area contributed by atoms with Gasteiger partial charge in [-0.3, -0.25) is 9.69 Å². The summed E-state index contributed by atoms with van der Waals surface area (Å²) in [5, 5.41) is 12.3. The fourth-order valence-electron chi connectivity index (χ4n) is 5.36. The van der Waals surface area contributed by atoms with E-state index in [2.05, 4.69) is 5.32 Å². The van der Waals surface area contributed by atoms with Crippen LogP contribution in [0.25, 0.3) is 11.1 Å². The van der Waals surface area contributed by atoms with Gasteiger partial charge in [0.1, 0.15) is 17.7 Å². The molecular formula is C28H31F2N3O5S. The smallest absolute Gasteiger partial charge is 0.411 e. The van der Waals surface area contributed by atoms with E-state index in [1.807, 2.05) is 6.07 Å². The highest BCUT2D eigenvalue weighted by Gasteiger charge is 2.52. The van der Waals surface area contributed by atoms with Gasteiger partial charge in [-0.05, 0) is 69.2 Å². The van der Waals surface area contributed by atoms with Crippen LogP contribution in [0.2, 0.25) is 0 Å². The van der Waals surface area contributed by atoms with E-state index in [0.717, 1.165) is 19.1 Å². The Balaban J connectivity index is 1.49. The van der Waals surface area contributed by atoms with Gasteiger partial charge >= 0.3 is 6.09 Å². The number of piperidine rings is 1. The summed E-state index contributed by atoms with van der Waals surface area (Å²) in [4.78, 5) is 27.6. The van der Waals surface area contributed by atoms with E-state index in [9.17, 15) is 23.3 Å². The number of rotatable bonds is 6. The molecule has 0 radical (unpaired) electrons. The third-order valence-corrected chi connectivity index (χ3v) is 8.24. The summed E-state index contributed by atoms with van der Waals surface area (Å²) in [6.45, 7) is 5.22. The summed E-state index contributed by atoms with van der Waals surface area (Å²) < 4.78 is 58.9. The molecule has 2 aromatic carbocycles. The minimum absolute atomic E-state index is 0.0528. The van der Waals surface area contributed by atoms with Crippen LogP contribution < -0.4 is 5.32 Å². The van der Waals surface area contributed by atoms with Gasteiger partial charge in [0, 0.05) is 24.3 Å². The molecule has 1 saturated heterocycles. The Bertz CT molecular complexity index is 1430. The van der Waals surface area contributed by atoms with Crippen molar-refractivity contribution in [2.75, 3.05) is 6.26 Å². The highest BCUT2D eigenvalue weighted by Crippen LogP contribution is 2.43. The number of amides is 2. The van der Waals surface area contributed by atoms with Gasteiger partial charge in [-0.2, -0.15) is 5.26 Å². The first-order valence-corrected chi connectivity index (χ1v) is 14.6. The number of hydrogen-bond donors (Lipinski definition) is 1. The third-order valence-electron chi connectivity index (χ3n) is 7.11. The maximum Gasteiger partial charge on any atom is 0.411 e. The van der Waals surface area contributed by atoms with Crippen molar-refractivity contribution in [2.24, 2.45) is 5.92 Å². The second kappa shape index (κ2) is 10.6. The number of carbonyl (C=O) groups is 2. The number of nitrogens with one attached hydrogen (secondary N) is 1. The second-order valence-corrected chi connectivity index (χ2v) is 13.2. The van der Waals surface area contributed by atoms with Crippen LogP contribution in [0.1, 0.15) is 45.6 Å². The Morgan fingerprint density at radius 2 is 1.79 bits per heavy atom. The largest absolute Gasteiger partial charge is 0.444 e. The Labute approximate surface area is 226 Å². The van der Waals surface area contributed by atoms with Gasteiger partial charge in [0.2, 0.25) is 5.91 Å². The highest BCUT2D eigenvalue weighted by molar-refractivity contribution is 7.90. The first kappa shape index (κ1) is 28.5. The van der Waals surface area contributed by atoms with Crippen molar-refractivity contribution in [1.29, 1.82) is 5.26 Å². The summed E-state index contributed by atoms with van der Waals surface area (Å²) in [7, 11) is -3.44. The van der Waals surface area contributed by atoms with E-state index < -0.39 is 51.2 Å². The molecule has 1 aliphatic carbocycles. The van der Waals surface area contributed by atoms with Crippen molar-refractivity contribution in [1.82, 2.24) is 10.2 Å². The molecule has 2 bridgehead atoms. The average molecular weight is 560 g/mol. The van der Waals surface area contributed by atoms with Crippen LogP contribution in [0.4, 0.5) is 13.6 Å². The highest BCUT2D eigenvalue weighted by atomic mass is 32.2. The topological polar surface area (TPSA) is 117 Å². The van der Waals surface area contributed by atoms with Crippen LogP contribution in [0.15, 0.2) is 41.3 Å². The van der Waals surface area contributed by atoms with E-state index in [1.165, 1.54) is 41.3 Å². The molecule has 2 fully saturated rings. The summed E-state index contributed by atoms with van der Waals surface area (Å²) in [5.74, 6) is -2.90. The molecular weight excluding hydrogens is 528 g/mol. The molecule has 1 unspecified atom stereocenters. The summed E-state index contributed by atoms with van der Waals surface area (Å²) in [6.07, 6.45) is 2.38. The molecule has 2 aliphatic rings. The predicted octanol–water partition coefficient (Wildman–Crippen LogP) is 4.37. The molecule has 0 aromatic heterocycles. The van der Waals surface area contributed by atoms with Crippen molar-refractivity contribution in [3.05, 3.63) is 53.6 Å². The minimum atomic E-state index is -3.44. The van der Waals surface area contributed by atoms with Gasteiger partial charge in [-0.15, -0.1) is 0 Å². The summed E-state index contributed by atoms with van der Waals surface area (Å²) in [5.41, 5.74) is -0.621. The van der Waals surface area contributed by atoms with Gasteiger partial charge in [0.25, 0.3) is 0 Å². The molecule has 0 spiro atoms. The zero-order valence-electron chi connectivity index (χ0n) is 22.2. The Hall–Kier alpha value is -3.52. The first-order valence-electron chi connectivity index (χ1n) is 12.7. The van der Waals surface area contributed by atoms with Gasteiger partial charge < -0.3 is 10.1 Å². The van der Waals surface area contributed by atoms with Crippen molar-refractivity contribution >= 4 is 21.8 Å². The average Bonchev–Trinajstić information content (AvgIpc) is 3.47. The monoisotopic (exact) mass is 559 g/mol. The number of carbonyl (C=O) groups excluding carboxylic acids is 2. The molecule has 1 aliphatic heterocycles. The molecule has 4 atom stereocenters. The van der Waals surface area contributed by atoms with E-state index in [4.69, 9.17) is 4.74 Å². The summed E-state index contributed by atoms with van der Waals surface area (Å²) >= 11 is 0. The van der Waals surface area contributed by atoms with Crippen molar-refractivity contribution in [3.8, 4) is 17.2 Å². The lowest BCUT2D eigenvalue weighted by atomic mass is 9.96. The Morgan fingerprint density at radius 3 is 2.38 bits per heavy atom. The third kappa shape index (κ3) is 6.06. The van der Waals surface area contributed by atoms with Crippen LogP contribution in [-0.2, 0) is 25.8 Å². The van der Waals surface area contributed by atoms with Gasteiger partial charge in [0.05, 0.1) is 11.0 Å². The van der Waals surface area contributed by atoms with Gasteiger partial charge in [-0.1, -0.05) is 24.3 Å². The quantitative estimate of drug-likeness (QED) is 0.562. The van der Waals surface area contributed by atoms with E-state index in [0.29, 0.717) is 6.42 Å². The molecule has 1 N–H and O–H groups in total. The lowest BCUT2D eigenvalue weighted by Gasteiger charge is -2.35. The predicted molar refractivity (Wildman–Crippen MR) is 139 cm³/mol. The fraction of sp³-hybridized carbons (Fsp3) is 0.464. The van der Waals surface area contributed by atoms with Gasteiger partial charge in [0.15, 0.2) is 21.5 Å². The van der Waals surface area contributed by atoms with Crippen LogP contribution in [0, 0.1) is 28.9 Å². The summed E-state index contributed by atoms with van der Waals surface area (Å²) in [6, 6.07) is 7.93. The first-order chi connectivity index (χ1) is 18.2. The lowest BCUT2D eigenvalue weighted by Crippen LogP contribution is -2.55. The Morgan fingerprint density at radius 1 is 1.13 bits per heavy atom. The lowest BCUT2D eigenvalue weighted by molar-refractivity contribution is -0.128. The molecule has 2 aromatic rings. The molecule has 4 rings (SSSR count). The van der Waals surface area contributed by atoms with Crippen LogP contribution >= 0.6 is 0 Å². The number of halogens is 2. The van der Waals surface area contributed by atoms with Crippen LogP contribution in [0.3, 0.4) is 0 Å². The van der Waals surface area contributed by atoms with Crippen molar-refractivity contribution < 1.29 is 31.5 Å². The fourth-order valence-corrected chi connectivity index (χ4v) is 5.99. The molecule has 39 heavy (non-hydrogen) atoms. The molecule has 208 valence electrons. The number of benzene rings is 2. The number of hydrogen-bond acceptors (Lipinski definition) is 6. The normalized spacial score (nSPS) is 21.4. The molecule has 1 saturated carbocycles. The number of ether oxygens (including phenoxy) is 1. The van der Waals surface area contributed by atoms with E-state index >= 15 is 8.78 Å². The molecule has 11 heteroatoms. The van der Waals surface area contributed by atoms with Gasteiger partial charge in [-0.25, -0.2) is 22.0 Å². The van der Waals surface area contributed by atoms with Crippen molar-refractivity contribution in [3.63, 3.8) is 0 Å². The maximum atomic E-state index is 15.0. The second-order valence-electron chi connectivity index (χ2n) is 11.2. The van der Waals surface area contributed by atoms with E-state index in [-0.39, 0.29) is 40.0 Å². The number of nitriles is 1. The van der Waals surface area contributed by atoms with E-state index in [1.54, 1.807) is 20.8 Å². The zero-order chi connectivity index (χ0) is 28.7. The molecule has 1 heterocycles. The number of sulfone groups is 1.